The van der Waals surface area contributed by atoms with Gasteiger partial charge in [-0.25, -0.2) is 0 Å². The maximum Gasteiger partial charge on any atom is 0.253 e. The van der Waals surface area contributed by atoms with E-state index in [4.69, 9.17) is 28.3 Å². The molecule has 2 rings (SSSR count). The first kappa shape index (κ1) is 15.9. The van der Waals surface area contributed by atoms with Gasteiger partial charge in [0, 0.05) is 12.1 Å². The van der Waals surface area contributed by atoms with E-state index in [1.54, 1.807) is 6.07 Å². The normalized spacial score (nSPS) is 9.86. The molecule has 0 radical (unpaired) electrons. The molecular formula is C15H11Cl2NO2S. The zero-order chi connectivity index (χ0) is 15.2. The van der Waals surface area contributed by atoms with E-state index in [0.29, 0.717) is 20.8 Å². The Kier molecular flexibility index (Phi) is 5.66. The van der Waals surface area contributed by atoms with Gasteiger partial charge in [-0.2, -0.15) is 0 Å². The third kappa shape index (κ3) is 4.48. The lowest BCUT2D eigenvalue weighted by atomic mass is 10.1. The standard InChI is InChI=1S/C15H11Cl2NO2S/c16-13-8-12(14(17)21-13)15(20)18-9-11-5-3-10(4-6-11)2-1-7-19/h3-6,8,19H,7,9H2,(H,18,20). The van der Waals surface area contributed by atoms with Crippen molar-refractivity contribution in [1.82, 2.24) is 5.32 Å². The largest absolute Gasteiger partial charge is 0.384 e. The molecule has 1 heterocycles. The van der Waals surface area contributed by atoms with Gasteiger partial charge < -0.3 is 10.4 Å². The van der Waals surface area contributed by atoms with Crippen LogP contribution in [0.25, 0.3) is 0 Å². The predicted molar refractivity (Wildman–Crippen MR) is 85.9 cm³/mol. The number of rotatable bonds is 3. The second-order valence-electron chi connectivity index (χ2n) is 4.08. The minimum Gasteiger partial charge on any atom is -0.384 e. The SMILES string of the molecule is O=C(NCc1ccc(C#CCO)cc1)c1cc(Cl)sc1Cl. The molecule has 2 N–H and O–H groups in total. The van der Waals surface area contributed by atoms with Gasteiger partial charge in [-0.1, -0.05) is 47.2 Å². The molecule has 6 heteroatoms. The Morgan fingerprint density at radius 2 is 2.00 bits per heavy atom. The molecule has 1 aromatic heterocycles. The lowest BCUT2D eigenvalue weighted by Crippen LogP contribution is -2.22. The van der Waals surface area contributed by atoms with Crippen molar-refractivity contribution in [3.8, 4) is 11.8 Å². The number of amides is 1. The molecule has 0 saturated carbocycles. The van der Waals surface area contributed by atoms with Crippen molar-refractivity contribution in [1.29, 1.82) is 0 Å². The van der Waals surface area contributed by atoms with Crippen molar-refractivity contribution in [3.63, 3.8) is 0 Å². The molecule has 1 aromatic carbocycles. The summed E-state index contributed by atoms with van der Waals surface area (Å²) in [7, 11) is 0. The second-order valence-corrected chi connectivity index (χ2v) is 6.36. The molecule has 0 aliphatic rings. The third-order valence-corrected chi connectivity index (χ3v) is 4.11. The summed E-state index contributed by atoms with van der Waals surface area (Å²) in [5.41, 5.74) is 2.14. The van der Waals surface area contributed by atoms with Crippen LogP contribution in [0.1, 0.15) is 21.5 Å². The number of carbonyl (C=O) groups is 1. The fourth-order valence-corrected chi connectivity index (χ4v) is 3.08. The van der Waals surface area contributed by atoms with Crippen LogP contribution < -0.4 is 5.32 Å². The predicted octanol–water partition coefficient (Wildman–Crippen LogP) is 3.33. The highest BCUT2D eigenvalue weighted by Crippen LogP contribution is 2.30. The van der Waals surface area contributed by atoms with Crippen LogP contribution in [0.5, 0.6) is 0 Å². The first-order valence-electron chi connectivity index (χ1n) is 6.02. The number of aliphatic hydroxyl groups is 1. The molecule has 0 bridgehead atoms. The van der Waals surface area contributed by atoms with Crippen molar-refractivity contribution in [2.75, 3.05) is 6.61 Å². The van der Waals surface area contributed by atoms with Crippen molar-refractivity contribution in [2.24, 2.45) is 0 Å². The Labute approximate surface area is 136 Å². The van der Waals surface area contributed by atoms with E-state index in [-0.39, 0.29) is 12.5 Å². The van der Waals surface area contributed by atoms with Gasteiger partial charge in [-0.05, 0) is 23.8 Å². The number of carbonyl (C=O) groups excluding carboxylic acids is 1. The Balaban J connectivity index is 1.96. The van der Waals surface area contributed by atoms with Gasteiger partial charge in [0.1, 0.15) is 10.9 Å². The monoisotopic (exact) mass is 339 g/mol. The van der Waals surface area contributed by atoms with Crippen LogP contribution in [-0.2, 0) is 6.54 Å². The van der Waals surface area contributed by atoms with E-state index in [0.717, 1.165) is 22.5 Å². The number of hydrogen-bond acceptors (Lipinski definition) is 3. The van der Waals surface area contributed by atoms with Crippen LogP contribution in [-0.4, -0.2) is 17.6 Å². The topological polar surface area (TPSA) is 49.3 Å². The zero-order valence-electron chi connectivity index (χ0n) is 10.8. The lowest BCUT2D eigenvalue weighted by molar-refractivity contribution is 0.0951. The fraction of sp³-hybridized carbons (Fsp3) is 0.133. The Bertz CT molecular complexity index is 699. The van der Waals surface area contributed by atoms with Crippen molar-refractivity contribution < 1.29 is 9.90 Å². The number of nitrogens with one attached hydrogen (secondary N) is 1. The highest BCUT2D eigenvalue weighted by atomic mass is 35.5. The summed E-state index contributed by atoms with van der Waals surface area (Å²) in [6, 6.07) is 8.95. The minimum atomic E-state index is -0.257. The Morgan fingerprint density at radius 1 is 1.29 bits per heavy atom. The van der Waals surface area contributed by atoms with Gasteiger partial charge in [0.2, 0.25) is 0 Å². The number of thiophene rings is 1. The van der Waals surface area contributed by atoms with E-state index in [1.165, 1.54) is 0 Å². The zero-order valence-corrected chi connectivity index (χ0v) is 13.1. The maximum atomic E-state index is 12.0. The molecule has 21 heavy (non-hydrogen) atoms. The molecule has 2 aromatic rings. The Hall–Kier alpha value is -1.51. The summed E-state index contributed by atoms with van der Waals surface area (Å²) in [5.74, 6) is 5.12. The van der Waals surface area contributed by atoms with Gasteiger partial charge in [0.15, 0.2) is 0 Å². The average molecular weight is 340 g/mol. The molecule has 0 aliphatic heterocycles. The quantitative estimate of drug-likeness (QED) is 0.842. The smallest absolute Gasteiger partial charge is 0.253 e. The minimum absolute atomic E-state index is 0.165. The highest BCUT2D eigenvalue weighted by Gasteiger charge is 2.13. The number of aliphatic hydroxyl groups excluding tert-OH is 1. The van der Waals surface area contributed by atoms with Crippen molar-refractivity contribution >= 4 is 40.4 Å². The number of hydrogen-bond donors (Lipinski definition) is 2. The van der Waals surface area contributed by atoms with Crippen molar-refractivity contribution in [3.05, 3.63) is 55.7 Å². The summed E-state index contributed by atoms with van der Waals surface area (Å²) in [5, 5.41) is 11.4. The average Bonchev–Trinajstić information content (AvgIpc) is 2.82. The summed E-state index contributed by atoms with van der Waals surface area (Å²) >= 11 is 12.9. The summed E-state index contributed by atoms with van der Waals surface area (Å²) < 4.78 is 0.865. The van der Waals surface area contributed by atoms with Crippen LogP contribution in [0.15, 0.2) is 30.3 Å². The molecule has 1 amide bonds. The molecule has 0 spiro atoms. The Morgan fingerprint density at radius 3 is 2.57 bits per heavy atom. The lowest BCUT2D eigenvalue weighted by Gasteiger charge is -2.04. The van der Waals surface area contributed by atoms with Gasteiger partial charge in [-0.15, -0.1) is 11.3 Å². The molecule has 0 unspecified atom stereocenters. The van der Waals surface area contributed by atoms with Gasteiger partial charge in [0.05, 0.1) is 9.90 Å². The number of halogens is 2. The highest BCUT2D eigenvalue weighted by molar-refractivity contribution is 7.20. The van der Waals surface area contributed by atoms with E-state index in [2.05, 4.69) is 17.2 Å². The van der Waals surface area contributed by atoms with E-state index < -0.39 is 0 Å². The van der Waals surface area contributed by atoms with Gasteiger partial charge in [-0.3, -0.25) is 4.79 Å². The van der Waals surface area contributed by atoms with E-state index in [1.807, 2.05) is 24.3 Å². The van der Waals surface area contributed by atoms with Crippen molar-refractivity contribution in [2.45, 2.75) is 6.54 Å². The molecule has 108 valence electrons. The number of benzene rings is 1. The second kappa shape index (κ2) is 7.48. The first-order chi connectivity index (χ1) is 10.1. The molecule has 3 nitrogen and oxygen atoms in total. The van der Waals surface area contributed by atoms with E-state index in [9.17, 15) is 4.79 Å². The van der Waals surface area contributed by atoms with Crippen LogP contribution in [0.2, 0.25) is 8.67 Å². The molecule has 0 aliphatic carbocycles. The summed E-state index contributed by atoms with van der Waals surface area (Å²) in [6.07, 6.45) is 0. The molecule has 0 atom stereocenters. The molecular weight excluding hydrogens is 329 g/mol. The van der Waals surface area contributed by atoms with Gasteiger partial charge in [0.25, 0.3) is 5.91 Å². The molecule has 0 fully saturated rings. The van der Waals surface area contributed by atoms with Crippen LogP contribution in [0.4, 0.5) is 0 Å². The first-order valence-corrected chi connectivity index (χ1v) is 7.59. The van der Waals surface area contributed by atoms with Crippen LogP contribution in [0, 0.1) is 11.8 Å². The third-order valence-electron chi connectivity index (χ3n) is 2.62. The van der Waals surface area contributed by atoms with Crippen LogP contribution >= 0.6 is 34.5 Å². The molecule has 0 saturated heterocycles. The fourth-order valence-electron chi connectivity index (χ4n) is 1.62. The summed E-state index contributed by atoms with van der Waals surface area (Å²) in [6.45, 7) is 0.220. The van der Waals surface area contributed by atoms with E-state index >= 15 is 0 Å². The van der Waals surface area contributed by atoms with Gasteiger partial charge >= 0.3 is 0 Å². The maximum absolute atomic E-state index is 12.0. The van der Waals surface area contributed by atoms with Crippen LogP contribution in [0.3, 0.4) is 0 Å². The summed E-state index contributed by atoms with van der Waals surface area (Å²) in [4.78, 5) is 12.0.